The van der Waals surface area contributed by atoms with Crippen LogP contribution in [-0.2, 0) is 13.0 Å². The van der Waals surface area contributed by atoms with E-state index in [4.69, 9.17) is 5.73 Å². The van der Waals surface area contributed by atoms with E-state index in [1.165, 1.54) is 11.1 Å². The van der Waals surface area contributed by atoms with Crippen LogP contribution in [0.1, 0.15) is 11.1 Å². The lowest BCUT2D eigenvalue weighted by Crippen LogP contribution is -2.24. The molecule has 2 nitrogen and oxygen atoms in total. The fourth-order valence-corrected chi connectivity index (χ4v) is 1.92. The van der Waals surface area contributed by atoms with Crippen molar-refractivity contribution in [3.8, 4) is 0 Å². The summed E-state index contributed by atoms with van der Waals surface area (Å²) < 4.78 is 0. The van der Waals surface area contributed by atoms with Gasteiger partial charge in [0.25, 0.3) is 0 Å². The number of hydrogen-bond acceptors (Lipinski definition) is 2. The van der Waals surface area contributed by atoms with Crippen molar-refractivity contribution in [3.05, 3.63) is 60.7 Å². The Balaban J connectivity index is 2.76. The summed E-state index contributed by atoms with van der Waals surface area (Å²) >= 11 is 0. The first-order valence-electron chi connectivity index (χ1n) is 6.02. The largest absolute Gasteiger partial charge is 0.330 e. The van der Waals surface area contributed by atoms with Crippen molar-refractivity contribution in [1.82, 2.24) is 4.90 Å². The molecule has 17 heavy (non-hydrogen) atoms. The molecule has 0 aliphatic rings. The second-order valence-corrected chi connectivity index (χ2v) is 4.08. The minimum atomic E-state index is 0.694. The van der Waals surface area contributed by atoms with Crippen molar-refractivity contribution in [2.45, 2.75) is 13.0 Å². The average Bonchev–Trinajstić information content (AvgIpc) is 2.33. The van der Waals surface area contributed by atoms with Crippen LogP contribution >= 0.6 is 0 Å². The summed E-state index contributed by atoms with van der Waals surface area (Å²) in [6.45, 7) is 10.9. The molecule has 1 aromatic carbocycles. The lowest BCUT2D eigenvalue weighted by molar-refractivity contribution is 0.326. The van der Waals surface area contributed by atoms with Crippen LogP contribution in [0.2, 0.25) is 0 Å². The van der Waals surface area contributed by atoms with Crippen LogP contribution in [0.15, 0.2) is 49.6 Å². The van der Waals surface area contributed by atoms with Gasteiger partial charge in [-0.2, -0.15) is 0 Å². The van der Waals surface area contributed by atoms with Gasteiger partial charge in [0.1, 0.15) is 0 Å². The van der Waals surface area contributed by atoms with E-state index < -0.39 is 0 Å². The number of nitrogens with zero attached hydrogens (tertiary/aromatic N) is 1. The first-order chi connectivity index (χ1) is 8.31. The van der Waals surface area contributed by atoms with Gasteiger partial charge in [0.05, 0.1) is 0 Å². The van der Waals surface area contributed by atoms with Crippen LogP contribution in [0.4, 0.5) is 0 Å². The molecule has 0 aliphatic carbocycles. The maximum absolute atomic E-state index is 5.63. The topological polar surface area (TPSA) is 29.3 Å². The molecule has 2 N–H and O–H groups in total. The molecule has 1 rings (SSSR count). The summed E-state index contributed by atoms with van der Waals surface area (Å²) in [7, 11) is 0. The van der Waals surface area contributed by atoms with E-state index in [0.717, 1.165) is 26.1 Å². The lowest BCUT2D eigenvalue weighted by atomic mass is 10.0. The van der Waals surface area contributed by atoms with Gasteiger partial charge in [-0.25, -0.2) is 0 Å². The Morgan fingerprint density at radius 2 is 1.65 bits per heavy atom. The minimum Gasteiger partial charge on any atom is -0.330 e. The third-order valence-corrected chi connectivity index (χ3v) is 2.70. The van der Waals surface area contributed by atoms with E-state index in [1.54, 1.807) is 0 Å². The van der Waals surface area contributed by atoms with Crippen LogP contribution in [0.5, 0.6) is 0 Å². The highest BCUT2D eigenvalue weighted by Gasteiger charge is 2.06. The van der Waals surface area contributed by atoms with E-state index >= 15 is 0 Å². The molecule has 0 saturated carbocycles. The molecule has 92 valence electrons. The number of rotatable bonds is 8. The summed E-state index contributed by atoms with van der Waals surface area (Å²) in [5.74, 6) is 0. The summed E-state index contributed by atoms with van der Waals surface area (Å²) in [5, 5.41) is 0. The Morgan fingerprint density at radius 1 is 1.06 bits per heavy atom. The van der Waals surface area contributed by atoms with Crippen LogP contribution in [0, 0.1) is 0 Å². The van der Waals surface area contributed by atoms with Crippen molar-refractivity contribution in [1.29, 1.82) is 0 Å². The first-order valence-corrected chi connectivity index (χ1v) is 6.02. The smallest absolute Gasteiger partial charge is 0.0243 e. The Morgan fingerprint density at radius 3 is 2.18 bits per heavy atom. The van der Waals surface area contributed by atoms with E-state index in [0.29, 0.717) is 6.54 Å². The van der Waals surface area contributed by atoms with Crippen LogP contribution in [0.25, 0.3) is 0 Å². The first kappa shape index (κ1) is 13.7. The highest BCUT2D eigenvalue weighted by atomic mass is 15.1. The molecule has 0 atom stereocenters. The van der Waals surface area contributed by atoms with Crippen molar-refractivity contribution in [2.75, 3.05) is 19.6 Å². The highest BCUT2D eigenvalue weighted by Crippen LogP contribution is 2.12. The van der Waals surface area contributed by atoms with Gasteiger partial charge in [-0.3, -0.25) is 4.90 Å². The zero-order valence-electron chi connectivity index (χ0n) is 10.4. The highest BCUT2D eigenvalue weighted by molar-refractivity contribution is 5.27. The van der Waals surface area contributed by atoms with Crippen molar-refractivity contribution < 1.29 is 0 Å². The zero-order valence-corrected chi connectivity index (χ0v) is 10.4. The zero-order chi connectivity index (χ0) is 12.5. The Hall–Kier alpha value is -1.38. The normalized spacial score (nSPS) is 10.5. The standard InChI is InChI=1S/C15H22N2/c1-3-11-17(12-4-2)13-15-8-6-5-7-14(15)9-10-16/h3-8H,1-2,9-13,16H2. The summed E-state index contributed by atoms with van der Waals surface area (Å²) in [4.78, 5) is 2.30. The molecule has 0 unspecified atom stereocenters. The van der Waals surface area contributed by atoms with E-state index in [-0.39, 0.29) is 0 Å². The lowest BCUT2D eigenvalue weighted by Gasteiger charge is -2.20. The van der Waals surface area contributed by atoms with Gasteiger partial charge >= 0.3 is 0 Å². The molecule has 0 spiro atoms. The molecule has 0 fully saturated rings. The van der Waals surface area contributed by atoms with Gasteiger partial charge in [0, 0.05) is 19.6 Å². The predicted molar refractivity (Wildman–Crippen MR) is 74.9 cm³/mol. The maximum atomic E-state index is 5.63. The van der Waals surface area contributed by atoms with Crippen LogP contribution < -0.4 is 5.73 Å². The van der Waals surface area contributed by atoms with Crippen molar-refractivity contribution in [2.24, 2.45) is 5.73 Å². The molecule has 0 aliphatic heterocycles. The molecule has 0 aromatic heterocycles. The molecule has 0 heterocycles. The van der Waals surface area contributed by atoms with Crippen molar-refractivity contribution >= 4 is 0 Å². The summed E-state index contributed by atoms with van der Waals surface area (Å²) in [6, 6.07) is 8.47. The third-order valence-electron chi connectivity index (χ3n) is 2.70. The van der Waals surface area contributed by atoms with Gasteiger partial charge in [-0.1, -0.05) is 36.4 Å². The molecule has 0 amide bonds. The predicted octanol–water partition coefficient (Wildman–Crippen LogP) is 2.36. The molecule has 1 aromatic rings. The SMILES string of the molecule is C=CCN(CC=C)Cc1ccccc1CCN. The maximum Gasteiger partial charge on any atom is 0.0243 e. The second kappa shape index (κ2) is 7.82. The quantitative estimate of drug-likeness (QED) is 0.695. The van der Waals surface area contributed by atoms with Crippen LogP contribution in [0.3, 0.4) is 0 Å². The Bertz CT molecular complexity index is 348. The second-order valence-electron chi connectivity index (χ2n) is 4.08. The van der Waals surface area contributed by atoms with Gasteiger partial charge in [-0.15, -0.1) is 13.2 Å². The number of benzene rings is 1. The molecular weight excluding hydrogens is 208 g/mol. The fourth-order valence-electron chi connectivity index (χ4n) is 1.92. The van der Waals surface area contributed by atoms with E-state index in [9.17, 15) is 0 Å². The fraction of sp³-hybridized carbons (Fsp3) is 0.333. The minimum absolute atomic E-state index is 0.694. The molecule has 0 bridgehead atoms. The third kappa shape index (κ3) is 4.55. The summed E-state index contributed by atoms with van der Waals surface area (Å²) in [6.07, 6.45) is 4.79. The Kier molecular flexibility index (Phi) is 6.30. The molecule has 0 saturated heterocycles. The van der Waals surface area contributed by atoms with Gasteiger partial charge in [-0.05, 0) is 24.1 Å². The molecule has 0 radical (unpaired) electrons. The van der Waals surface area contributed by atoms with Crippen LogP contribution in [-0.4, -0.2) is 24.5 Å². The molecule has 2 heteroatoms. The van der Waals surface area contributed by atoms with Crippen molar-refractivity contribution in [3.63, 3.8) is 0 Å². The van der Waals surface area contributed by atoms with Gasteiger partial charge < -0.3 is 5.73 Å². The summed E-state index contributed by atoms with van der Waals surface area (Å²) in [5.41, 5.74) is 8.32. The molecular formula is C15H22N2. The monoisotopic (exact) mass is 230 g/mol. The van der Waals surface area contributed by atoms with Gasteiger partial charge in [0.2, 0.25) is 0 Å². The average molecular weight is 230 g/mol. The van der Waals surface area contributed by atoms with E-state index in [2.05, 4.69) is 42.3 Å². The van der Waals surface area contributed by atoms with Gasteiger partial charge in [0.15, 0.2) is 0 Å². The number of nitrogens with two attached hydrogens (primary N) is 1. The number of hydrogen-bond donors (Lipinski definition) is 1. The Labute approximate surface area is 104 Å². The van der Waals surface area contributed by atoms with E-state index in [1.807, 2.05) is 12.2 Å².